The van der Waals surface area contributed by atoms with E-state index in [0.29, 0.717) is 18.0 Å². The van der Waals surface area contributed by atoms with E-state index in [1.54, 1.807) is 7.11 Å². The highest BCUT2D eigenvalue weighted by atomic mass is 16.5. The molecule has 3 aromatic rings. The zero-order valence-electron chi connectivity index (χ0n) is 22.2. The maximum atomic E-state index is 12.6. The van der Waals surface area contributed by atoms with Crippen LogP contribution in [-0.2, 0) is 10.5 Å². The van der Waals surface area contributed by atoms with Gasteiger partial charge in [0.05, 0.1) is 12.7 Å². The summed E-state index contributed by atoms with van der Waals surface area (Å²) in [6.45, 7) is 5.16. The van der Waals surface area contributed by atoms with Gasteiger partial charge < -0.3 is 14.6 Å². The van der Waals surface area contributed by atoms with Gasteiger partial charge in [0.25, 0.3) is 0 Å². The number of esters is 1. The smallest absolute Gasteiger partial charge is 0.338 e. The number of hydrogen-bond donors (Lipinski definition) is 1. The van der Waals surface area contributed by atoms with E-state index in [1.807, 2.05) is 62.5 Å². The maximum Gasteiger partial charge on any atom is 0.338 e. The van der Waals surface area contributed by atoms with Crippen molar-refractivity contribution in [3.63, 3.8) is 0 Å². The SMILES string of the molecule is COc1ccc2cc(C3(O)CN(CC4CCCC(OC(=O)c5ccc(C)cc5)C4)CCN3C)ccc2c1. The lowest BCUT2D eigenvalue weighted by Crippen LogP contribution is -2.59. The van der Waals surface area contributed by atoms with Crippen LogP contribution in [0.2, 0.25) is 0 Å². The van der Waals surface area contributed by atoms with E-state index in [4.69, 9.17) is 9.47 Å². The minimum absolute atomic E-state index is 0.0450. The van der Waals surface area contributed by atoms with Gasteiger partial charge in [0.1, 0.15) is 11.9 Å². The standard InChI is InChI=1S/C31H38N2O4/c1-22-7-9-24(10-8-22)30(34)37-29-6-4-5-23(17-29)20-33-16-15-32(2)31(35,21-33)27-13-11-26-19-28(36-3)14-12-25(26)18-27/h7-14,18-19,23,29,35H,4-6,15-17,20-21H2,1-3H3. The quantitative estimate of drug-likeness (QED) is 0.481. The molecule has 1 saturated carbocycles. The number of aliphatic hydroxyl groups is 1. The molecule has 0 spiro atoms. The van der Waals surface area contributed by atoms with Crippen molar-refractivity contribution in [3.8, 4) is 5.75 Å². The van der Waals surface area contributed by atoms with Crippen LogP contribution < -0.4 is 4.74 Å². The van der Waals surface area contributed by atoms with Crippen LogP contribution in [0.15, 0.2) is 60.7 Å². The van der Waals surface area contributed by atoms with E-state index in [9.17, 15) is 9.90 Å². The predicted molar refractivity (Wildman–Crippen MR) is 146 cm³/mol. The predicted octanol–water partition coefficient (Wildman–Crippen LogP) is 4.97. The minimum atomic E-state index is -1.06. The molecule has 6 heteroatoms. The van der Waals surface area contributed by atoms with E-state index < -0.39 is 5.72 Å². The number of carbonyl (C=O) groups is 1. The number of piperazine rings is 1. The fourth-order valence-electron chi connectivity index (χ4n) is 5.84. The summed E-state index contributed by atoms with van der Waals surface area (Å²) < 4.78 is 11.3. The van der Waals surface area contributed by atoms with Crippen molar-refractivity contribution in [3.05, 3.63) is 77.4 Å². The zero-order valence-corrected chi connectivity index (χ0v) is 22.2. The van der Waals surface area contributed by atoms with Gasteiger partial charge in [-0.25, -0.2) is 4.79 Å². The Bertz CT molecular complexity index is 1240. The summed E-state index contributed by atoms with van der Waals surface area (Å²) >= 11 is 0. The summed E-state index contributed by atoms with van der Waals surface area (Å²) in [5.74, 6) is 1.05. The molecule has 196 valence electrons. The Hall–Kier alpha value is -2.93. The van der Waals surface area contributed by atoms with E-state index in [0.717, 1.165) is 73.0 Å². The molecule has 0 bridgehead atoms. The Morgan fingerprint density at radius 2 is 1.78 bits per heavy atom. The normalized spacial score (nSPS) is 25.2. The molecular formula is C31H38N2O4. The van der Waals surface area contributed by atoms with Gasteiger partial charge in [0, 0.05) is 31.7 Å². The number of aryl methyl sites for hydroxylation is 1. The largest absolute Gasteiger partial charge is 0.497 e. The third-order valence-corrected chi connectivity index (χ3v) is 8.15. The summed E-state index contributed by atoms with van der Waals surface area (Å²) in [5.41, 5.74) is 1.60. The molecule has 1 heterocycles. The van der Waals surface area contributed by atoms with Crippen molar-refractivity contribution < 1.29 is 19.4 Å². The average molecular weight is 503 g/mol. The Morgan fingerprint density at radius 1 is 1.03 bits per heavy atom. The third-order valence-electron chi connectivity index (χ3n) is 8.15. The lowest BCUT2D eigenvalue weighted by atomic mass is 9.86. The second kappa shape index (κ2) is 10.8. The summed E-state index contributed by atoms with van der Waals surface area (Å²) in [6.07, 6.45) is 3.93. The minimum Gasteiger partial charge on any atom is -0.497 e. The fourth-order valence-corrected chi connectivity index (χ4v) is 5.84. The lowest BCUT2D eigenvalue weighted by Gasteiger charge is -2.47. The lowest BCUT2D eigenvalue weighted by molar-refractivity contribution is -0.150. The number of rotatable bonds is 6. The maximum absolute atomic E-state index is 12.6. The molecule has 1 aliphatic heterocycles. The number of nitrogens with zero attached hydrogens (tertiary/aromatic N) is 2. The molecule has 0 radical (unpaired) electrons. The van der Waals surface area contributed by atoms with E-state index in [1.165, 1.54) is 0 Å². The van der Waals surface area contributed by atoms with Crippen LogP contribution in [0.3, 0.4) is 0 Å². The van der Waals surface area contributed by atoms with Crippen LogP contribution in [0.25, 0.3) is 10.8 Å². The first-order valence-electron chi connectivity index (χ1n) is 13.4. The van der Waals surface area contributed by atoms with Crippen LogP contribution in [-0.4, -0.2) is 67.3 Å². The van der Waals surface area contributed by atoms with Gasteiger partial charge in [0.15, 0.2) is 5.72 Å². The van der Waals surface area contributed by atoms with Gasteiger partial charge in [-0.05, 0) is 86.7 Å². The molecule has 3 aromatic carbocycles. The van der Waals surface area contributed by atoms with Crippen molar-refractivity contribution in [2.24, 2.45) is 5.92 Å². The number of hydrogen-bond acceptors (Lipinski definition) is 6. The van der Waals surface area contributed by atoms with Crippen LogP contribution in [0.4, 0.5) is 0 Å². The molecule has 37 heavy (non-hydrogen) atoms. The van der Waals surface area contributed by atoms with Crippen LogP contribution >= 0.6 is 0 Å². The Kier molecular flexibility index (Phi) is 7.52. The molecule has 3 atom stereocenters. The van der Waals surface area contributed by atoms with Gasteiger partial charge in [0.2, 0.25) is 0 Å². The van der Waals surface area contributed by atoms with Gasteiger partial charge in [-0.2, -0.15) is 0 Å². The summed E-state index contributed by atoms with van der Waals surface area (Å²) in [5, 5.41) is 14.1. The van der Waals surface area contributed by atoms with Gasteiger partial charge in [-0.3, -0.25) is 9.80 Å². The second-order valence-electron chi connectivity index (χ2n) is 10.8. The monoisotopic (exact) mass is 502 g/mol. The van der Waals surface area contributed by atoms with E-state index >= 15 is 0 Å². The summed E-state index contributed by atoms with van der Waals surface area (Å²) in [7, 11) is 3.67. The molecule has 1 aliphatic carbocycles. The van der Waals surface area contributed by atoms with Crippen molar-refractivity contribution in [1.29, 1.82) is 0 Å². The van der Waals surface area contributed by atoms with Crippen molar-refractivity contribution in [1.82, 2.24) is 9.80 Å². The molecule has 6 nitrogen and oxygen atoms in total. The molecule has 3 unspecified atom stereocenters. The first-order chi connectivity index (χ1) is 17.8. The molecule has 2 aliphatic rings. The molecule has 1 N–H and O–H groups in total. The number of β-amino-alcohol motifs (C(OH)–C–C–N with tert-alkyl or cyclic N) is 1. The van der Waals surface area contributed by atoms with Gasteiger partial charge >= 0.3 is 5.97 Å². The number of ether oxygens (including phenoxy) is 2. The number of fused-ring (bicyclic) bond motifs is 1. The third kappa shape index (κ3) is 5.66. The second-order valence-corrected chi connectivity index (χ2v) is 10.8. The highest BCUT2D eigenvalue weighted by Crippen LogP contribution is 2.34. The molecule has 0 aromatic heterocycles. The Morgan fingerprint density at radius 3 is 2.57 bits per heavy atom. The molecular weight excluding hydrogens is 464 g/mol. The Labute approximate surface area is 219 Å². The molecule has 0 amide bonds. The number of carbonyl (C=O) groups excluding carboxylic acids is 1. The number of methoxy groups -OCH3 is 1. The van der Waals surface area contributed by atoms with Crippen LogP contribution in [0.1, 0.15) is 47.2 Å². The van der Waals surface area contributed by atoms with Gasteiger partial charge in [-0.15, -0.1) is 0 Å². The Balaban J connectivity index is 1.24. The molecule has 5 rings (SSSR count). The fraction of sp³-hybridized carbons (Fsp3) is 0.452. The summed E-state index contributed by atoms with van der Waals surface area (Å²) in [6, 6.07) is 19.8. The number of likely N-dealkylation sites (N-methyl/N-ethyl adjacent to an activating group) is 1. The average Bonchev–Trinajstić information content (AvgIpc) is 2.90. The van der Waals surface area contributed by atoms with E-state index in [2.05, 4.69) is 21.9 Å². The highest BCUT2D eigenvalue weighted by Gasteiger charge is 2.40. The molecule has 2 fully saturated rings. The molecule has 1 saturated heterocycles. The van der Waals surface area contributed by atoms with Crippen molar-refractivity contribution in [2.75, 3.05) is 40.3 Å². The first kappa shape index (κ1) is 25.7. The van der Waals surface area contributed by atoms with Gasteiger partial charge in [-0.1, -0.05) is 35.9 Å². The summed E-state index contributed by atoms with van der Waals surface area (Å²) in [4.78, 5) is 17.1. The van der Waals surface area contributed by atoms with Crippen molar-refractivity contribution in [2.45, 2.75) is 44.4 Å². The first-order valence-corrected chi connectivity index (χ1v) is 13.4. The van der Waals surface area contributed by atoms with E-state index in [-0.39, 0.29) is 12.1 Å². The van der Waals surface area contributed by atoms with Crippen LogP contribution in [0.5, 0.6) is 5.75 Å². The highest BCUT2D eigenvalue weighted by molar-refractivity contribution is 5.89. The van der Waals surface area contributed by atoms with Crippen molar-refractivity contribution >= 4 is 16.7 Å². The van der Waals surface area contributed by atoms with Crippen LogP contribution in [0, 0.1) is 12.8 Å². The number of benzene rings is 3. The zero-order chi connectivity index (χ0) is 26.0. The topological polar surface area (TPSA) is 62.2 Å².